The molecule has 0 spiro atoms. The SMILES string of the molecule is O=S(=O)(Nc1ccc(Cl)cc1NS(=O)(=O)c1cc2ccccc2o1)c1ccc2occc2c1. The molecule has 2 N–H and O–H groups in total. The number of benzene rings is 3. The quantitative estimate of drug-likeness (QED) is 0.319. The molecule has 0 amide bonds. The monoisotopic (exact) mass is 502 g/mol. The number of sulfonamides is 2. The van der Waals surface area contributed by atoms with Gasteiger partial charge in [-0.2, -0.15) is 8.42 Å². The maximum Gasteiger partial charge on any atom is 0.295 e. The Morgan fingerprint density at radius 2 is 1.45 bits per heavy atom. The van der Waals surface area contributed by atoms with Crippen molar-refractivity contribution in [2.45, 2.75) is 9.99 Å². The first kappa shape index (κ1) is 21.4. The third kappa shape index (κ3) is 4.15. The molecule has 0 unspecified atom stereocenters. The summed E-state index contributed by atoms with van der Waals surface area (Å²) in [5.74, 6) is 0. The van der Waals surface area contributed by atoms with Gasteiger partial charge in [0, 0.05) is 21.9 Å². The number of fused-ring (bicyclic) bond motifs is 2. The molecular formula is C22H15ClN2O6S2. The summed E-state index contributed by atoms with van der Waals surface area (Å²) in [6.07, 6.45) is 1.46. The van der Waals surface area contributed by atoms with Crippen LogP contribution >= 0.6 is 11.6 Å². The number of nitrogens with one attached hydrogen (secondary N) is 2. The lowest BCUT2D eigenvalue weighted by Crippen LogP contribution is -2.17. The van der Waals surface area contributed by atoms with Crippen molar-refractivity contribution in [2.75, 3.05) is 9.44 Å². The largest absolute Gasteiger partial charge is 0.464 e. The van der Waals surface area contributed by atoms with Gasteiger partial charge in [-0.25, -0.2) is 8.42 Å². The third-order valence-corrected chi connectivity index (χ3v) is 7.69. The van der Waals surface area contributed by atoms with Crippen LogP contribution in [0.2, 0.25) is 5.02 Å². The average molecular weight is 503 g/mol. The number of anilines is 2. The Morgan fingerprint density at radius 1 is 0.697 bits per heavy atom. The summed E-state index contributed by atoms with van der Waals surface area (Å²) in [7, 11) is -8.23. The maximum atomic E-state index is 13.0. The van der Waals surface area contributed by atoms with Crippen LogP contribution in [0.4, 0.5) is 11.4 Å². The van der Waals surface area contributed by atoms with Crippen molar-refractivity contribution in [3.05, 3.63) is 84.1 Å². The molecule has 0 fully saturated rings. The highest BCUT2D eigenvalue weighted by molar-refractivity contribution is 7.93. The lowest BCUT2D eigenvalue weighted by atomic mass is 10.3. The summed E-state index contributed by atoms with van der Waals surface area (Å²) in [4.78, 5) is -0.0163. The third-order valence-electron chi connectivity index (χ3n) is 4.87. The first-order valence-electron chi connectivity index (χ1n) is 9.52. The van der Waals surface area contributed by atoms with Crippen LogP contribution < -0.4 is 9.44 Å². The second-order valence-electron chi connectivity index (χ2n) is 7.12. The predicted octanol–water partition coefficient (Wildman–Crippen LogP) is 5.43. The van der Waals surface area contributed by atoms with Crippen LogP contribution in [0.1, 0.15) is 0 Å². The Morgan fingerprint density at radius 3 is 2.27 bits per heavy atom. The summed E-state index contributed by atoms with van der Waals surface area (Å²) >= 11 is 6.05. The number of para-hydroxylation sites is 1. The zero-order valence-corrected chi connectivity index (χ0v) is 19.0. The van der Waals surface area contributed by atoms with E-state index in [1.54, 1.807) is 30.3 Å². The first-order chi connectivity index (χ1) is 15.7. The van der Waals surface area contributed by atoms with E-state index in [4.69, 9.17) is 20.4 Å². The van der Waals surface area contributed by atoms with E-state index in [0.717, 1.165) is 0 Å². The summed E-state index contributed by atoms with van der Waals surface area (Å²) < 4.78 is 67.3. The highest BCUT2D eigenvalue weighted by Gasteiger charge is 2.23. The van der Waals surface area contributed by atoms with Gasteiger partial charge in [-0.1, -0.05) is 29.8 Å². The number of hydrogen-bond acceptors (Lipinski definition) is 6. The van der Waals surface area contributed by atoms with E-state index in [2.05, 4.69) is 9.44 Å². The molecule has 11 heteroatoms. The van der Waals surface area contributed by atoms with Gasteiger partial charge in [0.25, 0.3) is 20.0 Å². The van der Waals surface area contributed by atoms with Crippen molar-refractivity contribution < 1.29 is 25.7 Å². The van der Waals surface area contributed by atoms with Crippen molar-refractivity contribution >= 4 is 65.0 Å². The van der Waals surface area contributed by atoms with Gasteiger partial charge in [-0.05, 0) is 48.5 Å². The lowest BCUT2D eigenvalue weighted by molar-refractivity contribution is 0.484. The zero-order chi connectivity index (χ0) is 23.2. The van der Waals surface area contributed by atoms with E-state index < -0.39 is 20.0 Å². The second-order valence-corrected chi connectivity index (χ2v) is 10.9. The van der Waals surface area contributed by atoms with Crippen molar-refractivity contribution in [2.24, 2.45) is 0 Å². The van der Waals surface area contributed by atoms with E-state index in [0.29, 0.717) is 21.9 Å². The molecule has 0 aliphatic heterocycles. The van der Waals surface area contributed by atoms with Crippen molar-refractivity contribution in [3.63, 3.8) is 0 Å². The Hall–Kier alpha value is -3.47. The fourth-order valence-electron chi connectivity index (χ4n) is 3.29. The molecule has 8 nitrogen and oxygen atoms in total. The molecule has 0 aliphatic rings. The van der Waals surface area contributed by atoms with Crippen molar-refractivity contribution in [1.82, 2.24) is 0 Å². The van der Waals surface area contributed by atoms with Gasteiger partial charge in [0.15, 0.2) is 0 Å². The molecule has 0 saturated carbocycles. The molecular weight excluding hydrogens is 488 g/mol. The standard InChI is InChI=1S/C22H15ClN2O6S2/c23-16-5-7-18(24-32(26,27)17-6-8-20-15(11-17)9-10-30-20)19(13-16)25-33(28,29)22-12-14-3-1-2-4-21(14)31-22/h1-13,24-25H. The first-order valence-corrected chi connectivity index (χ1v) is 12.9. The van der Waals surface area contributed by atoms with Crippen LogP contribution in [0.3, 0.4) is 0 Å². The van der Waals surface area contributed by atoms with Crippen LogP contribution in [0.5, 0.6) is 0 Å². The van der Waals surface area contributed by atoms with E-state index in [-0.39, 0.29) is 26.4 Å². The van der Waals surface area contributed by atoms with Crippen LogP contribution in [-0.2, 0) is 20.0 Å². The average Bonchev–Trinajstić information content (AvgIpc) is 3.42. The van der Waals surface area contributed by atoms with Gasteiger partial charge >= 0.3 is 0 Å². The number of hydrogen-bond donors (Lipinski definition) is 2. The molecule has 2 aromatic heterocycles. The van der Waals surface area contributed by atoms with Crippen LogP contribution in [-0.4, -0.2) is 16.8 Å². The van der Waals surface area contributed by atoms with E-state index in [1.807, 2.05) is 0 Å². The fraction of sp³-hybridized carbons (Fsp3) is 0. The molecule has 3 aromatic carbocycles. The van der Waals surface area contributed by atoms with Crippen LogP contribution in [0.25, 0.3) is 21.9 Å². The van der Waals surface area contributed by atoms with Gasteiger partial charge in [-0.3, -0.25) is 9.44 Å². The Balaban J connectivity index is 1.49. The highest BCUT2D eigenvalue weighted by atomic mass is 35.5. The van der Waals surface area contributed by atoms with Gasteiger partial charge in [-0.15, -0.1) is 0 Å². The summed E-state index contributed by atoms with van der Waals surface area (Å²) in [6, 6.07) is 18.4. The Kier molecular flexibility index (Phi) is 5.08. The number of halogens is 1. The van der Waals surface area contributed by atoms with Gasteiger partial charge < -0.3 is 8.83 Å². The summed E-state index contributed by atoms with van der Waals surface area (Å²) in [5.41, 5.74) is 0.876. The van der Waals surface area contributed by atoms with E-state index in [1.165, 1.54) is 48.7 Å². The molecule has 0 saturated heterocycles. The molecule has 0 radical (unpaired) electrons. The molecule has 0 aliphatic carbocycles. The fourth-order valence-corrected chi connectivity index (χ4v) is 5.62. The minimum Gasteiger partial charge on any atom is -0.464 e. The molecule has 33 heavy (non-hydrogen) atoms. The summed E-state index contributed by atoms with van der Waals surface area (Å²) in [6.45, 7) is 0. The number of furan rings is 2. The van der Waals surface area contributed by atoms with Gasteiger partial charge in [0.05, 0.1) is 22.5 Å². The molecule has 5 rings (SSSR count). The van der Waals surface area contributed by atoms with Crippen molar-refractivity contribution in [1.29, 1.82) is 0 Å². The van der Waals surface area contributed by atoms with E-state index in [9.17, 15) is 16.8 Å². The Bertz CT molecular complexity index is 1690. The predicted molar refractivity (Wildman–Crippen MR) is 125 cm³/mol. The molecule has 5 aromatic rings. The molecule has 2 heterocycles. The van der Waals surface area contributed by atoms with Crippen LogP contribution in [0.15, 0.2) is 97.9 Å². The zero-order valence-electron chi connectivity index (χ0n) is 16.6. The van der Waals surface area contributed by atoms with Gasteiger partial charge in [0.1, 0.15) is 11.2 Å². The minimum atomic E-state index is -4.18. The smallest absolute Gasteiger partial charge is 0.295 e. The topological polar surface area (TPSA) is 119 Å². The highest BCUT2D eigenvalue weighted by Crippen LogP contribution is 2.32. The summed E-state index contributed by atoms with van der Waals surface area (Å²) in [5, 5.41) is 1.11. The van der Waals surface area contributed by atoms with Gasteiger partial charge in [0.2, 0.25) is 5.09 Å². The van der Waals surface area contributed by atoms with E-state index >= 15 is 0 Å². The van der Waals surface area contributed by atoms with Crippen molar-refractivity contribution in [3.8, 4) is 0 Å². The Labute approximate surface area is 193 Å². The lowest BCUT2D eigenvalue weighted by Gasteiger charge is -2.14. The maximum absolute atomic E-state index is 13.0. The normalized spacial score (nSPS) is 12.3. The number of rotatable bonds is 6. The molecule has 168 valence electrons. The molecule has 0 atom stereocenters. The minimum absolute atomic E-state index is 0.00798. The molecule has 0 bridgehead atoms. The second kappa shape index (κ2) is 7.84. The van der Waals surface area contributed by atoms with Crippen LogP contribution in [0, 0.1) is 0 Å².